The molecule has 0 saturated carbocycles. The Balaban J connectivity index is 0.000000642. The molecule has 11 nitrogen and oxygen atoms in total. The topological polar surface area (TPSA) is 135 Å². The van der Waals surface area contributed by atoms with Crippen LogP contribution in [-0.4, -0.2) is 79.1 Å². The molecule has 2 rings (SSSR count). The van der Waals surface area contributed by atoms with E-state index in [4.69, 9.17) is 5.84 Å². The zero-order chi connectivity index (χ0) is 26.0. The van der Waals surface area contributed by atoms with Crippen LogP contribution < -0.4 is 27.7 Å². The minimum atomic E-state index is -0.427. The van der Waals surface area contributed by atoms with Crippen LogP contribution in [-0.2, 0) is 13.1 Å². The summed E-state index contributed by atoms with van der Waals surface area (Å²) >= 11 is 6.31. The van der Waals surface area contributed by atoms with Crippen LogP contribution in [0.4, 0.5) is 0 Å². The molecule has 0 atom stereocenters. The molecular formula is C21H32Br2ClN7O4. The van der Waals surface area contributed by atoms with E-state index in [0.717, 1.165) is 6.54 Å². The van der Waals surface area contributed by atoms with Gasteiger partial charge in [-0.3, -0.25) is 24.6 Å². The van der Waals surface area contributed by atoms with E-state index in [0.29, 0.717) is 39.7 Å². The quantitative estimate of drug-likeness (QED) is 0.220. The number of aromatic nitrogens is 2. The van der Waals surface area contributed by atoms with Crippen molar-refractivity contribution >= 4 is 56.1 Å². The predicted octanol–water partition coefficient (Wildman–Crippen LogP) is 0.730. The maximum absolute atomic E-state index is 11.8. The summed E-state index contributed by atoms with van der Waals surface area (Å²) in [6.07, 6.45) is 3.08. The van der Waals surface area contributed by atoms with Gasteiger partial charge in [0.2, 0.25) is 0 Å². The highest BCUT2D eigenvalue weighted by Gasteiger charge is 2.11. The Morgan fingerprint density at radius 1 is 0.857 bits per heavy atom. The number of nitrogen functional groups attached to an aromatic ring is 1. The second-order valence-corrected chi connectivity index (χ2v) is 9.52. The first kappa shape index (κ1) is 33.0. The van der Waals surface area contributed by atoms with Crippen molar-refractivity contribution in [3.05, 3.63) is 65.3 Å². The number of nitrogens with one attached hydrogen (secondary N) is 2. The number of carbonyl (C=O) groups excluding carboxylic acids is 2. The molecular weight excluding hydrogens is 610 g/mol. The predicted molar refractivity (Wildman–Crippen MR) is 146 cm³/mol. The van der Waals surface area contributed by atoms with E-state index < -0.39 is 5.91 Å². The highest BCUT2D eigenvalue weighted by Crippen LogP contribution is 2.08. The first-order valence-corrected chi connectivity index (χ1v) is 11.8. The third-order valence-electron chi connectivity index (χ3n) is 4.54. The van der Waals surface area contributed by atoms with Gasteiger partial charge in [0.05, 0.1) is 20.1 Å². The molecule has 2 aromatic heterocycles. The minimum Gasteiger partial charge on any atom is -0.355 e. The molecule has 0 aromatic carbocycles. The van der Waals surface area contributed by atoms with Crippen molar-refractivity contribution in [1.29, 1.82) is 0 Å². The van der Waals surface area contributed by atoms with E-state index in [1.807, 2.05) is 43.4 Å². The Hall–Kier alpha value is -2.03. The summed E-state index contributed by atoms with van der Waals surface area (Å²) in [5, 5.41) is 2.53. The third-order valence-corrected chi connectivity index (χ3v) is 5.68. The number of hydrogen-bond acceptors (Lipinski definition) is 7. The van der Waals surface area contributed by atoms with Gasteiger partial charge in [-0.1, -0.05) is 0 Å². The summed E-state index contributed by atoms with van der Waals surface area (Å²) in [4.78, 5) is 50.4. The number of hydrogen-bond donors (Lipinski definition) is 3. The van der Waals surface area contributed by atoms with Gasteiger partial charge >= 0.3 is 0 Å². The van der Waals surface area contributed by atoms with Crippen molar-refractivity contribution < 1.29 is 9.59 Å². The lowest BCUT2D eigenvalue weighted by Crippen LogP contribution is -2.33. The van der Waals surface area contributed by atoms with Crippen LogP contribution in [0.2, 0.25) is 0 Å². The molecule has 4 N–H and O–H groups in total. The van der Waals surface area contributed by atoms with E-state index in [2.05, 4.69) is 37.2 Å². The van der Waals surface area contributed by atoms with Crippen molar-refractivity contribution in [1.82, 2.24) is 29.7 Å². The van der Waals surface area contributed by atoms with Crippen LogP contribution in [0.15, 0.2) is 43.1 Å². The normalized spacial score (nSPS) is 10.3. The molecule has 0 saturated heterocycles. The number of halogens is 3. The molecule has 2 amide bonds. The number of hydrazine groups is 1. The van der Waals surface area contributed by atoms with E-state index in [1.165, 1.54) is 27.5 Å². The second-order valence-electron chi connectivity index (χ2n) is 7.81. The van der Waals surface area contributed by atoms with Gasteiger partial charge in [0.15, 0.2) is 0 Å². The Labute approximate surface area is 227 Å². The number of amides is 2. The highest BCUT2D eigenvalue weighted by atomic mass is 79.9. The smallest absolute Gasteiger partial charge is 0.266 e. The van der Waals surface area contributed by atoms with E-state index >= 15 is 0 Å². The molecule has 0 aliphatic rings. The summed E-state index contributed by atoms with van der Waals surface area (Å²) < 4.78 is 3.76. The van der Waals surface area contributed by atoms with Crippen LogP contribution >= 0.6 is 44.3 Å². The first-order chi connectivity index (χ1) is 15.9. The molecule has 2 heterocycles. The number of nitrogens with zero attached hydrogens (tertiary/aromatic N) is 4. The largest absolute Gasteiger partial charge is 0.355 e. The third kappa shape index (κ3) is 10.6. The summed E-state index contributed by atoms with van der Waals surface area (Å²) in [6, 6.07) is 2.99. The Morgan fingerprint density at radius 2 is 1.23 bits per heavy atom. The van der Waals surface area contributed by atoms with Gasteiger partial charge in [0.1, 0.15) is 0 Å². The monoisotopic (exact) mass is 639 g/mol. The Morgan fingerprint density at radius 3 is 1.54 bits per heavy atom. The van der Waals surface area contributed by atoms with Gasteiger partial charge in [-0.25, -0.2) is 5.84 Å². The average molecular weight is 642 g/mol. The molecule has 0 bridgehead atoms. The number of rotatable bonds is 8. The zero-order valence-corrected chi connectivity index (χ0v) is 24.3. The molecule has 0 spiro atoms. The lowest BCUT2D eigenvalue weighted by atomic mass is 10.2. The zero-order valence-electron chi connectivity index (χ0n) is 20.3. The van der Waals surface area contributed by atoms with Crippen molar-refractivity contribution in [2.45, 2.75) is 13.1 Å². The number of carbonyl (C=O) groups is 2. The fourth-order valence-electron chi connectivity index (χ4n) is 2.62. The molecule has 0 aliphatic carbocycles. The van der Waals surface area contributed by atoms with E-state index in [9.17, 15) is 19.2 Å². The van der Waals surface area contributed by atoms with Gasteiger partial charge in [-0.15, -0.1) is 12.4 Å². The Bertz CT molecular complexity index is 1030. The summed E-state index contributed by atoms with van der Waals surface area (Å²) in [5.41, 5.74) is 2.56. The molecule has 0 fully saturated rings. The molecule has 0 radical (unpaired) electrons. The highest BCUT2D eigenvalue weighted by molar-refractivity contribution is 9.10. The summed E-state index contributed by atoms with van der Waals surface area (Å²) in [7, 11) is 9.25. The van der Waals surface area contributed by atoms with E-state index in [1.54, 1.807) is 13.2 Å². The second kappa shape index (κ2) is 15.9. The minimum absolute atomic E-state index is 0. The SMILES string of the molecule is CN(C)CCn1cc(C(=O)NN)cc(Br)c1=O.CNC(=O)c1cc(Br)c(=O)n(CCN(C)C)c1.Cl. The van der Waals surface area contributed by atoms with Crippen LogP contribution in [0.5, 0.6) is 0 Å². The van der Waals surface area contributed by atoms with Crippen LogP contribution in [0.25, 0.3) is 0 Å². The average Bonchev–Trinajstić information content (AvgIpc) is 2.79. The number of nitrogens with two attached hydrogens (primary N) is 1. The summed E-state index contributed by atoms with van der Waals surface area (Å²) in [5.74, 6) is 4.42. The van der Waals surface area contributed by atoms with Crippen molar-refractivity contribution in [3.63, 3.8) is 0 Å². The van der Waals surface area contributed by atoms with Crippen molar-refractivity contribution in [2.75, 3.05) is 48.3 Å². The van der Waals surface area contributed by atoms with Crippen LogP contribution in [0.1, 0.15) is 20.7 Å². The number of likely N-dealkylation sites (N-methyl/N-ethyl adjacent to an activating group) is 2. The molecule has 0 aliphatic heterocycles. The van der Waals surface area contributed by atoms with Crippen LogP contribution in [0.3, 0.4) is 0 Å². The van der Waals surface area contributed by atoms with Gasteiger partial charge in [0.25, 0.3) is 22.9 Å². The maximum Gasteiger partial charge on any atom is 0.266 e. The van der Waals surface area contributed by atoms with Gasteiger partial charge in [-0.2, -0.15) is 0 Å². The Kier molecular flexibility index (Phi) is 14.9. The summed E-state index contributed by atoms with van der Waals surface area (Å²) in [6.45, 7) is 2.51. The van der Waals surface area contributed by atoms with Gasteiger partial charge in [-0.05, 0) is 72.2 Å². The number of pyridine rings is 2. The standard InChI is InChI=1S/C11H16BrN3O2.C10H15BrN4O2.ClH/c1-13-10(16)8-6-9(12)11(17)15(7-8)5-4-14(2)3;1-14(2)3-4-15-6-7(9(16)13-12)5-8(11)10(15)17;/h6-7H,4-5H2,1-3H3,(H,13,16);5-6H,3-4,12H2,1-2H3,(H,13,16);1H. The first-order valence-electron chi connectivity index (χ1n) is 10.2. The van der Waals surface area contributed by atoms with Gasteiger partial charge in [0, 0.05) is 45.6 Å². The van der Waals surface area contributed by atoms with Crippen molar-refractivity contribution in [2.24, 2.45) is 5.84 Å². The fraction of sp³-hybridized carbons (Fsp3) is 0.429. The van der Waals surface area contributed by atoms with Gasteiger partial charge < -0.3 is 24.3 Å². The van der Waals surface area contributed by atoms with Crippen LogP contribution in [0, 0.1) is 0 Å². The molecule has 14 heteroatoms. The molecule has 2 aromatic rings. The molecule has 35 heavy (non-hydrogen) atoms. The van der Waals surface area contributed by atoms with E-state index in [-0.39, 0.29) is 29.4 Å². The molecule has 0 unspecified atom stereocenters. The van der Waals surface area contributed by atoms with Crippen molar-refractivity contribution in [3.8, 4) is 0 Å². The lowest BCUT2D eigenvalue weighted by molar-refractivity contribution is 0.0948. The molecule has 196 valence electrons. The maximum atomic E-state index is 11.8. The fourth-order valence-corrected chi connectivity index (χ4v) is 3.57. The lowest BCUT2D eigenvalue weighted by Gasteiger charge is -2.12.